The summed E-state index contributed by atoms with van der Waals surface area (Å²) in [5.74, 6) is 1.37. The molecule has 4 aromatic rings. The van der Waals surface area contributed by atoms with E-state index in [2.05, 4.69) is 31.0 Å². The van der Waals surface area contributed by atoms with Crippen LogP contribution in [0.5, 0.6) is 0 Å². The zero-order chi connectivity index (χ0) is 22.1. The molecule has 3 heterocycles. The van der Waals surface area contributed by atoms with Gasteiger partial charge < -0.3 is 4.90 Å². The maximum atomic E-state index is 13.4. The van der Waals surface area contributed by atoms with Crippen LogP contribution in [0.25, 0.3) is 22.8 Å². The van der Waals surface area contributed by atoms with E-state index in [-0.39, 0.29) is 5.56 Å². The highest BCUT2D eigenvalue weighted by molar-refractivity contribution is 9.10. The van der Waals surface area contributed by atoms with E-state index in [4.69, 9.17) is 11.6 Å². The summed E-state index contributed by atoms with van der Waals surface area (Å²) in [7, 11) is 0. The molecule has 0 radical (unpaired) electrons. The lowest BCUT2D eigenvalue weighted by Crippen LogP contribution is -2.28. The topological polar surface area (TPSA) is 55.4 Å². The zero-order valence-corrected chi connectivity index (χ0v) is 19.9. The van der Waals surface area contributed by atoms with Crippen molar-refractivity contribution in [2.24, 2.45) is 0 Å². The summed E-state index contributed by atoms with van der Waals surface area (Å²) < 4.78 is 4.59. The van der Waals surface area contributed by atoms with Crippen LogP contribution < -0.4 is 10.5 Å². The van der Waals surface area contributed by atoms with Gasteiger partial charge in [-0.15, -0.1) is 10.2 Å². The van der Waals surface area contributed by atoms with Crippen molar-refractivity contribution in [3.8, 4) is 0 Å². The molecule has 1 saturated heterocycles. The smallest absolute Gasteiger partial charge is 0.263 e. The lowest BCUT2D eigenvalue weighted by Gasteiger charge is -2.20. The van der Waals surface area contributed by atoms with Crippen LogP contribution in [0.3, 0.4) is 0 Å². The predicted octanol–water partition coefficient (Wildman–Crippen LogP) is 5.55. The van der Waals surface area contributed by atoms with Crippen molar-refractivity contribution < 1.29 is 0 Å². The third-order valence-electron chi connectivity index (χ3n) is 5.90. The van der Waals surface area contributed by atoms with Gasteiger partial charge in [-0.2, -0.15) is 0 Å². The number of hydrogen-bond donors (Lipinski definition) is 0. The van der Waals surface area contributed by atoms with Gasteiger partial charge in [0.25, 0.3) is 5.56 Å². The third kappa shape index (κ3) is 4.07. The second-order valence-corrected chi connectivity index (χ2v) is 9.42. The number of allylic oxidation sites excluding steroid dienone is 1. The first-order valence-electron chi connectivity index (χ1n) is 10.9. The molecule has 1 fully saturated rings. The highest BCUT2D eigenvalue weighted by Gasteiger charge is 2.21. The normalized spacial score (nSPS) is 15.1. The molecule has 8 heteroatoms. The van der Waals surface area contributed by atoms with Gasteiger partial charge in [-0.25, -0.2) is 4.40 Å². The first kappa shape index (κ1) is 21.2. The van der Waals surface area contributed by atoms with Crippen molar-refractivity contribution in [2.45, 2.75) is 32.2 Å². The van der Waals surface area contributed by atoms with Crippen LogP contribution >= 0.6 is 27.5 Å². The Hall–Kier alpha value is -2.64. The van der Waals surface area contributed by atoms with E-state index in [9.17, 15) is 4.79 Å². The van der Waals surface area contributed by atoms with Crippen LogP contribution in [0.2, 0.25) is 5.02 Å². The number of fused-ring (bicyclic) bond motifs is 3. The summed E-state index contributed by atoms with van der Waals surface area (Å²) in [4.78, 5) is 15.7. The minimum absolute atomic E-state index is 0.0793. The van der Waals surface area contributed by atoms with Crippen molar-refractivity contribution in [2.75, 3.05) is 18.0 Å². The highest BCUT2D eigenvalue weighted by atomic mass is 79.9. The van der Waals surface area contributed by atoms with E-state index < -0.39 is 0 Å². The van der Waals surface area contributed by atoms with E-state index in [0.717, 1.165) is 47.4 Å². The molecular weight excluding hydrogens is 490 g/mol. The summed E-state index contributed by atoms with van der Waals surface area (Å²) in [6.07, 6.45) is 8.71. The van der Waals surface area contributed by atoms with Gasteiger partial charge in [0.15, 0.2) is 0 Å². The Bertz CT molecular complexity index is 1350. The van der Waals surface area contributed by atoms with Crippen LogP contribution in [0.1, 0.15) is 31.2 Å². The van der Waals surface area contributed by atoms with Crippen LogP contribution in [-0.4, -0.2) is 32.3 Å². The number of rotatable bonds is 4. The zero-order valence-electron chi connectivity index (χ0n) is 17.5. The second kappa shape index (κ2) is 9.08. The van der Waals surface area contributed by atoms with Crippen LogP contribution in [0, 0.1) is 0 Å². The molecule has 2 aromatic carbocycles. The van der Waals surface area contributed by atoms with Crippen molar-refractivity contribution in [3.05, 3.63) is 74.0 Å². The molecule has 0 N–H and O–H groups in total. The Morgan fingerprint density at radius 3 is 2.50 bits per heavy atom. The quantitative estimate of drug-likeness (QED) is 0.359. The number of halogens is 2. The van der Waals surface area contributed by atoms with Gasteiger partial charge in [0.05, 0.1) is 10.9 Å². The minimum atomic E-state index is -0.0793. The predicted molar refractivity (Wildman–Crippen MR) is 134 cm³/mol. The van der Waals surface area contributed by atoms with E-state index in [1.807, 2.05) is 59.0 Å². The summed E-state index contributed by atoms with van der Waals surface area (Å²) >= 11 is 9.49. The van der Waals surface area contributed by atoms with Gasteiger partial charge in [0, 0.05) is 29.1 Å². The molecule has 0 spiro atoms. The Morgan fingerprint density at radius 2 is 1.75 bits per heavy atom. The number of aromatic nitrogens is 4. The maximum Gasteiger partial charge on any atom is 0.263 e. The largest absolute Gasteiger partial charge is 0.341 e. The molecular formula is C24H23BrClN5O. The molecule has 1 aliphatic heterocycles. The summed E-state index contributed by atoms with van der Waals surface area (Å²) in [6.45, 7) is 2.30. The number of benzene rings is 2. The average Bonchev–Trinajstić information content (AvgIpc) is 3.04. The Kier molecular flexibility index (Phi) is 6.02. The number of anilines is 1. The second-order valence-electron chi connectivity index (χ2n) is 8.07. The van der Waals surface area contributed by atoms with Crippen LogP contribution in [-0.2, 0) is 6.54 Å². The van der Waals surface area contributed by atoms with Gasteiger partial charge in [0.2, 0.25) is 11.7 Å². The van der Waals surface area contributed by atoms with E-state index in [1.54, 1.807) is 4.57 Å². The summed E-state index contributed by atoms with van der Waals surface area (Å²) in [6, 6.07) is 13.4. The maximum absolute atomic E-state index is 13.4. The van der Waals surface area contributed by atoms with E-state index in [1.165, 1.54) is 12.8 Å². The van der Waals surface area contributed by atoms with Crippen molar-refractivity contribution in [3.63, 3.8) is 0 Å². The monoisotopic (exact) mass is 511 g/mol. The fraction of sp³-hybridized carbons (Fsp3) is 0.292. The van der Waals surface area contributed by atoms with E-state index in [0.29, 0.717) is 22.7 Å². The molecule has 0 unspecified atom stereocenters. The lowest BCUT2D eigenvalue weighted by molar-refractivity contribution is 0.726. The molecule has 1 aliphatic rings. The first-order chi connectivity index (χ1) is 15.6. The average molecular weight is 513 g/mol. The highest BCUT2D eigenvalue weighted by Crippen LogP contribution is 2.24. The first-order valence-corrected chi connectivity index (χ1v) is 12.0. The van der Waals surface area contributed by atoms with E-state index >= 15 is 0 Å². The fourth-order valence-electron chi connectivity index (χ4n) is 4.28. The molecule has 0 bridgehead atoms. The molecule has 32 heavy (non-hydrogen) atoms. The Labute approximate surface area is 199 Å². The van der Waals surface area contributed by atoms with Gasteiger partial charge in [-0.3, -0.25) is 9.36 Å². The van der Waals surface area contributed by atoms with Gasteiger partial charge in [-0.1, -0.05) is 64.7 Å². The van der Waals surface area contributed by atoms with Gasteiger partial charge in [0.1, 0.15) is 0 Å². The minimum Gasteiger partial charge on any atom is -0.341 e. The van der Waals surface area contributed by atoms with Crippen molar-refractivity contribution in [1.82, 2.24) is 19.2 Å². The third-order valence-corrected chi connectivity index (χ3v) is 6.65. The molecule has 0 amide bonds. The van der Waals surface area contributed by atoms with Gasteiger partial charge >= 0.3 is 0 Å². The number of nitrogens with zero attached hydrogens (tertiary/aromatic N) is 5. The molecule has 0 saturated carbocycles. The van der Waals surface area contributed by atoms with Crippen LogP contribution in [0.4, 0.5) is 5.95 Å². The fourth-order valence-corrected chi connectivity index (χ4v) is 4.76. The Morgan fingerprint density at radius 1 is 1.00 bits per heavy atom. The van der Waals surface area contributed by atoms with Crippen molar-refractivity contribution in [1.29, 1.82) is 0 Å². The van der Waals surface area contributed by atoms with Crippen molar-refractivity contribution >= 4 is 56.2 Å². The number of hydrogen-bond acceptors (Lipinski definition) is 4. The molecule has 2 aromatic heterocycles. The lowest BCUT2D eigenvalue weighted by atomic mass is 10.2. The molecule has 0 aliphatic carbocycles. The van der Waals surface area contributed by atoms with Gasteiger partial charge in [-0.05, 0) is 48.7 Å². The molecule has 0 atom stereocenters. The summed E-state index contributed by atoms with van der Waals surface area (Å²) in [5, 5.41) is 10.3. The summed E-state index contributed by atoms with van der Waals surface area (Å²) in [5.41, 5.74) is 1.77. The molecule has 6 nitrogen and oxygen atoms in total. The van der Waals surface area contributed by atoms with Crippen LogP contribution in [0.15, 0.2) is 57.8 Å². The Balaban J connectivity index is 1.63. The SMILES string of the molecule is O=c1c2cc(Br)ccc2n2c(N3CCCCCC3)nnc2n1C/C=C/c1ccc(Cl)cc1. The standard InChI is InChI=1S/C24H23BrClN5O/c25-18-9-12-21-20(16-18)22(32)30(15-5-6-17-7-10-19(26)11-8-17)24-28-27-23(31(21)24)29-13-3-1-2-4-14-29/h5-12,16H,1-4,13-15H2/b6-5+. The molecule has 5 rings (SSSR count). The molecule has 164 valence electrons.